The van der Waals surface area contributed by atoms with Crippen molar-refractivity contribution in [2.45, 2.75) is 38.6 Å². The lowest BCUT2D eigenvalue weighted by atomic mass is 10.1. The van der Waals surface area contributed by atoms with E-state index in [1.165, 1.54) is 11.3 Å². The van der Waals surface area contributed by atoms with E-state index in [1.54, 1.807) is 4.90 Å². The van der Waals surface area contributed by atoms with Gasteiger partial charge < -0.3 is 25.6 Å². The zero-order valence-electron chi connectivity index (χ0n) is 16.8. The molecular weight excluding hydrogens is 342 g/mol. The second kappa shape index (κ2) is 10.6. The maximum atomic E-state index is 11.7. The Kier molecular flexibility index (Phi) is 8.23. The van der Waals surface area contributed by atoms with E-state index in [0.717, 1.165) is 25.7 Å². The second-order valence-corrected chi connectivity index (χ2v) is 7.04. The van der Waals surface area contributed by atoms with Crippen molar-refractivity contribution < 1.29 is 9.53 Å². The second-order valence-electron chi connectivity index (χ2n) is 7.04. The third-order valence-electron chi connectivity index (χ3n) is 4.73. The summed E-state index contributed by atoms with van der Waals surface area (Å²) in [5.74, 6) is 0.493. The Morgan fingerprint density at radius 1 is 1.30 bits per heavy atom. The zero-order valence-corrected chi connectivity index (χ0v) is 16.8. The van der Waals surface area contributed by atoms with Crippen LogP contribution in [0.25, 0.3) is 0 Å². The third kappa shape index (κ3) is 7.00. The summed E-state index contributed by atoms with van der Waals surface area (Å²) < 4.78 is 5.03. The number of benzene rings is 1. The van der Waals surface area contributed by atoms with Crippen LogP contribution in [0.2, 0.25) is 0 Å². The van der Waals surface area contributed by atoms with Crippen LogP contribution in [0, 0.1) is 0 Å². The minimum atomic E-state index is -0.226. The number of nitrogens with one attached hydrogen (secondary N) is 1. The van der Waals surface area contributed by atoms with Crippen molar-refractivity contribution in [1.29, 1.82) is 0 Å². The number of anilines is 1. The average Bonchev–Trinajstić information content (AvgIpc) is 2.66. The average molecular weight is 376 g/mol. The van der Waals surface area contributed by atoms with Crippen molar-refractivity contribution in [3.05, 3.63) is 29.8 Å². The van der Waals surface area contributed by atoms with E-state index in [4.69, 9.17) is 10.5 Å². The van der Waals surface area contributed by atoms with Gasteiger partial charge in [-0.15, -0.1) is 0 Å². The molecule has 1 aliphatic rings. The van der Waals surface area contributed by atoms with Gasteiger partial charge in [-0.2, -0.15) is 0 Å². The number of guanidine groups is 1. The van der Waals surface area contributed by atoms with Gasteiger partial charge in [-0.05, 0) is 50.3 Å². The molecule has 0 unspecified atom stereocenters. The number of ether oxygens (including phenoxy) is 1. The highest BCUT2D eigenvalue weighted by Crippen LogP contribution is 2.13. The number of piperidine rings is 1. The first-order valence-corrected chi connectivity index (χ1v) is 9.74. The molecule has 1 aromatic carbocycles. The van der Waals surface area contributed by atoms with Crippen LogP contribution < -0.4 is 16.0 Å². The summed E-state index contributed by atoms with van der Waals surface area (Å²) >= 11 is 0. The number of carbonyl (C=O) groups is 1. The van der Waals surface area contributed by atoms with Crippen LogP contribution in [0.1, 0.15) is 31.7 Å². The minimum Gasteiger partial charge on any atom is -0.450 e. The number of aliphatic imine (C=N–C) groups is 1. The lowest BCUT2D eigenvalue weighted by Gasteiger charge is -2.31. The molecular formula is C20H33N5O2. The third-order valence-corrected chi connectivity index (χ3v) is 4.73. The molecule has 1 aliphatic heterocycles. The van der Waals surface area contributed by atoms with Gasteiger partial charge in [0, 0.05) is 45.5 Å². The smallest absolute Gasteiger partial charge is 0.409 e. The maximum Gasteiger partial charge on any atom is 0.409 e. The number of hydrogen-bond donors (Lipinski definition) is 2. The van der Waals surface area contributed by atoms with Crippen molar-refractivity contribution in [1.82, 2.24) is 10.2 Å². The highest BCUT2D eigenvalue weighted by molar-refractivity contribution is 5.78. The standard InChI is InChI=1S/C20H33N5O2/c1-4-27-20(26)25-14-11-17(12-15-25)23-19(21)22-13-5-6-16-7-9-18(10-8-16)24(2)3/h7-10,17H,4-6,11-15H2,1-3H3,(H3,21,22,23). The monoisotopic (exact) mass is 375 g/mol. The first kappa shape index (κ1) is 20.9. The SMILES string of the molecule is CCOC(=O)N1CCC(NC(N)=NCCCc2ccc(N(C)C)cc2)CC1. The summed E-state index contributed by atoms with van der Waals surface area (Å²) in [6.45, 7) is 4.31. The van der Waals surface area contributed by atoms with Crippen LogP contribution >= 0.6 is 0 Å². The highest BCUT2D eigenvalue weighted by Gasteiger charge is 2.23. The number of aryl methyl sites for hydroxylation is 1. The Balaban J connectivity index is 1.65. The molecule has 1 amide bonds. The molecule has 0 spiro atoms. The van der Waals surface area contributed by atoms with Crippen LogP contribution in [0.3, 0.4) is 0 Å². The molecule has 7 heteroatoms. The van der Waals surface area contributed by atoms with Gasteiger partial charge in [0.2, 0.25) is 0 Å². The van der Waals surface area contributed by atoms with Gasteiger partial charge in [0.15, 0.2) is 5.96 Å². The molecule has 3 N–H and O–H groups in total. The number of nitrogens with zero attached hydrogens (tertiary/aromatic N) is 3. The molecule has 0 bridgehead atoms. The van der Waals surface area contributed by atoms with Crippen molar-refractivity contribution >= 4 is 17.7 Å². The molecule has 1 heterocycles. The predicted molar refractivity (Wildman–Crippen MR) is 110 cm³/mol. The van der Waals surface area contributed by atoms with Gasteiger partial charge in [-0.25, -0.2) is 4.79 Å². The minimum absolute atomic E-state index is 0.226. The lowest BCUT2D eigenvalue weighted by molar-refractivity contribution is 0.0963. The Labute approximate surface area is 162 Å². The van der Waals surface area contributed by atoms with Gasteiger partial charge in [0.05, 0.1) is 6.61 Å². The maximum absolute atomic E-state index is 11.7. The first-order chi connectivity index (χ1) is 13.0. The fourth-order valence-electron chi connectivity index (χ4n) is 3.12. The lowest BCUT2D eigenvalue weighted by Crippen LogP contribution is -2.48. The summed E-state index contributed by atoms with van der Waals surface area (Å²) in [4.78, 5) is 20.0. The number of rotatable bonds is 7. The van der Waals surface area contributed by atoms with E-state index in [1.807, 2.05) is 21.0 Å². The molecule has 0 atom stereocenters. The van der Waals surface area contributed by atoms with E-state index < -0.39 is 0 Å². The highest BCUT2D eigenvalue weighted by atomic mass is 16.6. The number of amides is 1. The summed E-state index contributed by atoms with van der Waals surface area (Å²) in [5.41, 5.74) is 8.53. The Hall–Kier alpha value is -2.44. The number of nitrogens with two attached hydrogens (primary N) is 1. The molecule has 1 fully saturated rings. The summed E-state index contributed by atoms with van der Waals surface area (Å²) in [6, 6.07) is 8.86. The van der Waals surface area contributed by atoms with E-state index in [2.05, 4.69) is 39.5 Å². The first-order valence-electron chi connectivity index (χ1n) is 9.74. The molecule has 2 rings (SSSR count). The van der Waals surface area contributed by atoms with Crippen LogP contribution in [-0.4, -0.2) is 63.3 Å². The molecule has 1 aromatic rings. The summed E-state index contributed by atoms with van der Waals surface area (Å²) in [6.07, 6.45) is 3.43. The van der Waals surface area contributed by atoms with Crippen molar-refractivity contribution in [2.24, 2.45) is 10.7 Å². The quantitative estimate of drug-likeness (QED) is 0.434. The molecule has 1 saturated heterocycles. The molecule has 0 saturated carbocycles. The van der Waals surface area contributed by atoms with Gasteiger partial charge in [0.25, 0.3) is 0 Å². The van der Waals surface area contributed by atoms with Crippen LogP contribution in [0.15, 0.2) is 29.3 Å². The number of likely N-dealkylation sites (tertiary alicyclic amines) is 1. The van der Waals surface area contributed by atoms with Gasteiger partial charge in [-0.1, -0.05) is 12.1 Å². The summed E-state index contributed by atoms with van der Waals surface area (Å²) in [7, 11) is 4.08. The van der Waals surface area contributed by atoms with Crippen LogP contribution in [0.5, 0.6) is 0 Å². The molecule has 150 valence electrons. The van der Waals surface area contributed by atoms with E-state index in [9.17, 15) is 4.79 Å². The van der Waals surface area contributed by atoms with Gasteiger partial charge in [0.1, 0.15) is 0 Å². The van der Waals surface area contributed by atoms with Crippen molar-refractivity contribution in [2.75, 3.05) is 45.2 Å². The van der Waals surface area contributed by atoms with Crippen LogP contribution in [0.4, 0.5) is 10.5 Å². The topological polar surface area (TPSA) is 83.2 Å². The van der Waals surface area contributed by atoms with E-state index in [0.29, 0.717) is 32.2 Å². The molecule has 0 radical (unpaired) electrons. The normalized spacial score (nSPS) is 15.5. The molecule has 0 aromatic heterocycles. The molecule has 7 nitrogen and oxygen atoms in total. The number of carbonyl (C=O) groups excluding carboxylic acids is 1. The summed E-state index contributed by atoms with van der Waals surface area (Å²) in [5, 5.41) is 3.27. The fraction of sp³-hybridized carbons (Fsp3) is 0.600. The van der Waals surface area contributed by atoms with E-state index in [-0.39, 0.29) is 12.1 Å². The molecule has 27 heavy (non-hydrogen) atoms. The Bertz CT molecular complexity index is 607. The van der Waals surface area contributed by atoms with Crippen LogP contribution in [-0.2, 0) is 11.2 Å². The van der Waals surface area contributed by atoms with E-state index >= 15 is 0 Å². The fourth-order valence-corrected chi connectivity index (χ4v) is 3.12. The van der Waals surface area contributed by atoms with Gasteiger partial charge in [-0.3, -0.25) is 4.99 Å². The Morgan fingerprint density at radius 3 is 2.56 bits per heavy atom. The van der Waals surface area contributed by atoms with Gasteiger partial charge >= 0.3 is 6.09 Å². The predicted octanol–water partition coefficient (Wildman–Crippen LogP) is 2.21. The zero-order chi connectivity index (χ0) is 19.6. The van der Waals surface area contributed by atoms with Crippen molar-refractivity contribution in [3.63, 3.8) is 0 Å². The Morgan fingerprint density at radius 2 is 1.96 bits per heavy atom. The molecule has 0 aliphatic carbocycles. The largest absolute Gasteiger partial charge is 0.450 e. The van der Waals surface area contributed by atoms with Crippen molar-refractivity contribution in [3.8, 4) is 0 Å². The number of hydrogen-bond acceptors (Lipinski definition) is 4.